The van der Waals surface area contributed by atoms with Gasteiger partial charge < -0.3 is 4.57 Å². The summed E-state index contributed by atoms with van der Waals surface area (Å²) in [4.78, 5) is 1.31. The normalized spacial score (nSPS) is 11.3. The van der Waals surface area contributed by atoms with Gasteiger partial charge in [-0.25, -0.2) is 0 Å². The van der Waals surface area contributed by atoms with E-state index in [9.17, 15) is 0 Å². The van der Waals surface area contributed by atoms with Gasteiger partial charge in [-0.15, -0.1) is 11.8 Å². The van der Waals surface area contributed by atoms with Gasteiger partial charge in [-0.1, -0.05) is 48.5 Å². The minimum absolute atomic E-state index is 0.906. The molecule has 0 radical (unpaired) electrons. The van der Waals surface area contributed by atoms with Gasteiger partial charge in [0.1, 0.15) is 0 Å². The molecule has 4 rings (SSSR count). The summed E-state index contributed by atoms with van der Waals surface area (Å²) in [7, 11) is 0. The summed E-state index contributed by atoms with van der Waals surface area (Å²) in [6.07, 6.45) is 2.13. The maximum Gasteiger partial charge on any atom is 0.0495 e. The van der Waals surface area contributed by atoms with Crippen molar-refractivity contribution in [2.24, 2.45) is 0 Å². The number of hydrogen-bond acceptors (Lipinski definition) is 1. The molecular weight excluding hydrogens is 286 g/mol. The van der Waals surface area contributed by atoms with Crippen LogP contribution >= 0.6 is 11.8 Å². The van der Waals surface area contributed by atoms with Crippen LogP contribution in [0.4, 0.5) is 0 Å². The van der Waals surface area contributed by atoms with E-state index in [2.05, 4.69) is 83.6 Å². The molecule has 0 amide bonds. The van der Waals surface area contributed by atoms with E-state index in [4.69, 9.17) is 0 Å². The Labute approximate surface area is 134 Å². The molecule has 0 bridgehead atoms. The second-order valence-corrected chi connectivity index (χ2v) is 6.35. The highest BCUT2D eigenvalue weighted by Gasteiger charge is 2.10. The van der Waals surface area contributed by atoms with Crippen molar-refractivity contribution >= 4 is 33.6 Å². The SMILES string of the molecule is CSc1ccc2c(c1)c1ccccc1n2Cc1ccccc1. The maximum atomic E-state index is 2.42. The first kappa shape index (κ1) is 13.5. The first-order chi connectivity index (χ1) is 10.9. The van der Waals surface area contributed by atoms with E-state index in [1.54, 1.807) is 11.8 Å². The van der Waals surface area contributed by atoms with Crippen LogP contribution in [0, 0.1) is 0 Å². The Morgan fingerprint density at radius 1 is 0.773 bits per heavy atom. The second-order valence-electron chi connectivity index (χ2n) is 5.47. The maximum absolute atomic E-state index is 2.42. The van der Waals surface area contributed by atoms with Crippen molar-refractivity contribution in [3.63, 3.8) is 0 Å². The quantitative estimate of drug-likeness (QED) is 0.448. The van der Waals surface area contributed by atoms with Crippen molar-refractivity contribution in [3.8, 4) is 0 Å². The molecule has 0 aliphatic rings. The fourth-order valence-corrected chi connectivity index (χ4v) is 3.54. The zero-order valence-electron chi connectivity index (χ0n) is 12.5. The monoisotopic (exact) mass is 303 g/mol. The van der Waals surface area contributed by atoms with Crippen LogP contribution in [-0.2, 0) is 6.54 Å². The largest absolute Gasteiger partial charge is 0.336 e. The molecule has 108 valence electrons. The highest BCUT2D eigenvalue weighted by atomic mass is 32.2. The van der Waals surface area contributed by atoms with Crippen LogP contribution < -0.4 is 0 Å². The molecule has 0 N–H and O–H groups in total. The average molecular weight is 303 g/mol. The van der Waals surface area contributed by atoms with Crippen LogP contribution in [0.15, 0.2) is 77.7 Å². The summed E-state index contributed by atoms with van der Waals surface area (Å²) >= 11 is 1.80. The summed E-state index contributed by atoms with van der Waals surface area (Å²) in [5.74, 6) is 0. The lowest BCUT2D eigenvalue weighted by atomic mass is 10.1. The number of thioether (sulfide) groups is 1. The van der Waals surface area contributed by atoms with Crippen LogP contribution in [0.3, 0.4) is 0 Å². The van der Waals surface area contributed by atoms with Gasteiger partial charge in [0.05, 0.1) is 0 Å². The first-order valence-corrected chi connectivity index (χ1v) is 8.68. The molecule has 0 fully saturated rings. The summed E-state index contributed by atoms with van der Waals surface area (Å²) in [6, 6.07) is 26.1. The minimum atomic E-state index is 0.906. The smallest absolute Gasteiger partial charge is 0.0495 e. The summed E-state index contributed by atoms with van der Waals surface area (Å²) < 4.78 is 2.42. The van der Waals surface area contributed by atoms with E-state index in [0.29, 0.717) is 0 Å². The molecule has 0 saturated heterocycles. The molecule has 0 saturated carbocycles. The molecule has 1 aromatic heterocycles. The molecule has 1 nitrogen and oxygen atoms in total. The molecule has 0 aliphatic heterocycles. The van der Waals surface area contributed by atoms with Crippen LogP contribution in [0.1, 0.15) is 5.56 Å². The molecular formula is C20H17NS. The van der Waals surface area contributed by atoms with Crippen molar-refractivity contribution in [2.45, 2.75) is 11.4 Å². The predicted octanol–water partition coefficient (Wildman–Crippen LogP) is 5.56. The van der Waals surface area contributed by atoms with E-state index in [0.717, 1.165) is 6.54 Å². The fraction of sp³-hybridized carbons (Fsp3) is 0.100. The van der Waals surface area contributed by atoms with Crippen LogP contribution in [-0.4, -0.2) is 10.8 Å². The van der Waals surface area contributed by atoms with Gasteiger partial charge in [0.2, 0.25) is 0 Å². The van der Waals surface area contributed by atoms with Crippen molar-refractivity contribution < 1.29 is 0 Å². The number of benzene rings is 3. The Morgan fingerprint density at radius 3 is 2.32 bits per heavy atom. The fourth-order valence-electron chi connectivity index (χ4n) is 3.10. The van der Waals surface area contributed by atoms with E-state index in [1.165, 1.54) is 32.3 Å². The van der Waals surface area contributed by atoms with Gasteiger partial charge in [0.15, 0.2) is 0 Å². The zero-order chi connectivity index (χ0) is 14.9. The van der Waals surface area contributed by atoms with Crippen molar-refractivity contribution in [2.75, 3.05) is 6.26 Å². The van der Waals surface area contributed by atoms with Crippen LogP contribution in [0.5, 0.6) is 0 Å². The lowest BCUT2D eigenvalue weighted by molar-refractivity contribution is 0.869. The summed E-state index contributed by atoms with van der Waals surface area (Å²) in [6.45, 7) is 0.906. The third kappa shape index (κ3) is 2.20. The summed E-state index contributed by atoms with van der Waals surface area (Å²) in [5, 5.41) is 2.68. The van der Waals surface area contributed by atoms with E-state index in [-0.39, 0.29) is 0 Å². The number of aromatic nitrogens is 1. The highest BCUT2D eigenvalue weighted by molar-refractivity contribution is 7.98. The number of rotatable bonds is 3. The molecule has 4 aromatic rings. The first-order valence-electron chi connectivity index (χ1n) is 7.46. The minimum Gasteiger partial charge on any atom is -0.336 e. The van der Waals surface area contributed by atoms with E-state index >= 15 is 0 Å². The van der Waals surface area contributed by atoms with Crippen molar-refractivity contribution in [1.82, 2.24) is 4.57 Å². The number of hydrogen-bond donors (Lipinski definition) is 0. The van der Waals surface area contributed by atoms with Crippen molar-refractivity contribution in [3.05, 3.63) is 78.4 Å². The Hall–Kier alpha value is -2.19. The molecule has 3 aromatic carbocycles. The Bertz CT molecular complexity index is 938. The number of para-hydroxylation sites is 1. The van der Waals surface area contributed by atoms with Crippen molar-refractivity contribution in [1.29, 1.82) is 0 Å². The molecule has 2 heteroatoms. The number of nitrogens with zero attached hydrogens (tertiary/aromatic N) is 1. The topological polar surface area (TPSA) is 4.93 Å². The van der Waals surface area contributed by atoms with Gasteiger partial charge in [-0.05, 0) is 36.1 Å². The van der Waals surface area contributed by atoms with Gasteiger partial charge in [0, 0.05) is 33.2 Å². The second kappa shape index (κ2) is 5.54. The highest BCUT2D eigenvalue weighted by Crippen LogP contribution is 2.32. The van der Waals surface area contributed by atoms with Crippen LogP contribution in [0.25, 0.3) is 21.8 Å². The Kier molecular flexibility index (Phi) is 3.39. The van der Waals surface area contributed by atoms with Gasteiger partial charge in [0.25, 0.3) is 0 Å². The van der Waals surface area contributed by atoms with Gasteiger partial charge in [-0.3, -0.25) is 0 Å². The standard InChI is InChI=1S/C20H17NS/c1-22-16-11-12-20-18(13-16)17-9-5-6-10-19(17)21(20)14-15-7-3-2-4-8-15/h2-13H,14H2,1H3. The number of fused-ring (bicyclic) bond motifs is 3. The van der Waals surface area contributed by atoms with E-state index in [1.807, 2.05) is 0 Å². The Morgan fingerprint density at radius 2 is 1.50 bits per heavy atom. The molecule has 0 atom stereocenters. The molecule has 1 heterocycles. The molecule has 22 heavy (non-hydrogen) atoms. The van der Waals surface area contributed by atoms with Gasteiger partial charge >= 0.3 is 0 Å². The van der Waals surface area contributed by atoms with E-state index < -0.39 is 0 Å². The third-order valence-corrected chi connectivity index (χ3v) is 4.89. The lowest BCUT2D eigenvalue weighted by Crippen LogP contribution is -1.98. The molecule has 0 spiro atoms. The predicted molar refractivity (Wildman–Crippen MR) is 96.8 cm³/mol. The van der Waals surface area contributed by atoms with Crippen LogP contribution in [0.2, 0.25) is 0 Å². The molecule has 0 aliphatic carbocycles. The summed E-state index contributed by atoms with van der Waals surface area (Å²) in [5.41, 5.74) is 3.95. The molecule has 0 unspecified atom stereocenters. The third-order valence-electron chi connectivity index (χ3n) is 4.16. The zero-order valence-corrected chi connectivity index (χ0v) is 13.3. The van der Waals surface area contributed by atoms with Gasteiger partial charge in [-0.2, -0.15) is 0 Å². The average Bonchev–Trinajstić information content (AvgIpc) is 2.89. The lowest BCUT2D eigenvalue weighted by Gasteiger charge is -2.08. The Balaban J connectivity index is 1.99.